The van der Waals surface area contributed by atoms with Crippen LogP contribution in [-0.4, -0.2) is 28.7 Å². The van der Waals surface area contributed by atoms with E-state index in [0.29, 0.717) is 5.69 Å². The van der Waals surface area contributed by atoms with Crippen LogP contribution >= 0.6 is 0 Å². The second kappa shape index (κ2) is 3.70. The van der Waals surface area contributed by atoms with Crippen LogP contribution in [0.1, 0.15) is 16.1 Å². The molecule has 1 amide bonds. The lowest BCUT2D eigenvalue weighted by molar-refractivity contribution is -0.135. The van der Waals surface area contributed by atoms with Gasteiger partial charge in [0.05, 0.1) is 5.69 Å². The highest BCUT2D eigenvalue weighted by Crippen LogP contribution is 2.03. The van der Waals surface area contributed by atoms with Gasteiger partial charge in [-0.15, -0.1) is 0 Å². The molecule has 0 aliphatic heterocycles. The summed E-state index contributed by atoms with van der Waals surface area (Å²) < 4.78 is 4.51. The lowest BCUT2D eigenvalue weighted by Gasteiger charge is -1.98. The van der Waals surface area contributed by atoms with Crippen molar-refractivity contribution >= 4 is 11.9 Å². The molecule has 0 unspecified atom stereocenters. The summed E-state index contributed by atoms with van der Waals surface area (Å²) in [6.07, 6.45) is 1.17. The molecular weight excluding hydrogens is 176 g/mol. The fraction of sp³-hybridized carbons (Fsp3) is 0.286. The van der Waals surface area contributed by atoms with E-state index in [0.717, 1.165) is 0 Å². The van der Waals surface area contributed by atoms with Crippen LogP contribution in [0.5, 0.6) is 0 Å². The predicted octanol–water partition coefficient (Wildman–Crippen LogP) is -0.203. The van der Waals surface area contributed by atoms with Gasteiger partial charge in [0.25, 0.3) is 5.91 Å². The molecule has 0 aromatic carbocycles. The van der Waals surface area contributed by atoms with Crippen LogP contribution in [0, 0.1) is 6.92 Å². The second-order valence-corrected chi connectivity index (χ2v) is 2.39. The molecule has 1 rings (SSSR count). The number of carbonyl (C=O) groups excluding carboxylic acids is 1. The molecule has 0 atom stereocenters. The maximum absolute atomic E-state index is 11.2. The van der Waals surface area contributed by atoms with Crippen molar-refractivity contribution in [3.63, 3.8) is 0 Å². The van der Waals surface area contributed by atoms with E-state index in [1.807, 2.05) is 0 Å². The summed E-state index contributed by atoms with van der Waals surface area (Å²) in [5, 5.41) is 13.9. The molecule has 6 nitrogen and oxygen atoms in total. The Morgan fingerprint density at radius 3 is 2.85 bits per heavy atom. The molecule has 0 radical (unpaired) electrons. The van der Waals surface area contributed by atoms with E-state index in [9.17, 15) is 9.59 Å². The van der Waals surface area contributed by atoms with E-state index in [4.69, 9.17) is 5.11 Å². The molecule has 1 aromatic rings. The summed E-state index contributed by atoms with van der Waals surface area (Å²) in [5.41, 5.74) is 0.684. The van der Waals surface area contributed by atoms with Gasteiger partial charge in [-0.2, -0.15) is 0 Å². The standard InChI is InChI=1S/C7H8N2O4/c1-4-5(3-13-9-4)7(12)8-2-6(10)11/h3H,2H2,1H3,(H,8,12)(H,10,11). The van der Waals surface area contributed by atoms with Crippen molar-refractivity contribution in [1.29, 1.82) is 0 Å². The van der Waals surface area contributed by atoms with Gasteiger partial charge in [0.1, 0.15) is 18.4 Å². The van der Waals surface area contributed by atoms with Crippen LogP contribution in [0.25, 0.3) is 0 Å². The minimum atomic E-state index is -1.09. The van der Waals surface area contributed by atoms with Gasteiger partial charge in [0.15, 0.2) is 0 Å². The van der Waals surface area contributed by atoms with Gasteiger partial charge >= 0.3 is 5.97 Å². The summed E-state index contributed by atoms with van der Waals surface area (Å²) in [6.45, 7) is 1.18. The Labute approximate surface area is 73.5 Å². The average molecular weight is 184 g/mol. The minimum absolute atomic E-state index is 0.251. The second-order valence-electron chi connectivity index (χ2n) is 2.39. The molecule has 13 heavy (non-hydrogen) atoms. The van der Waals surface area contributed by atoms with Gasteiger partial charge in [0, 0.05) is 0 Å². The third-order valence-corrected chi connectivity index (χ3v) is 1.39. The normalized spacial score (nSPS) is 9.62. The van der Waals surface area contributed by atoms with Crippen LogP contribution in [0.3, 0.4) is 0 Å². The van der Waals surface area contributed by atoms with Gasteiger partial charge in [-0.1, -0.05) is 5.16 Å². The van der Waals surface area contributed by atoms with E-state index in [-0.39, 0.29) is 5.56 Å². The monoisotopic (exact) mass is 184 g/mol. The number of carbonyl (C=O) groups is 2. The van der Waals surface area contributed by atoms with Gasteiger partial charge in [-0.25, -0.2) is 0 Å². The number of rotatable bonds is 3. The number of amides is 1. The van der Waals surface area contributed by atoms with Gasteiger partial charge in [-0.05, 0) is 6.92 Å². The van der Waals surface area contributed by atoms with Crippen molar-refractivity contribution < 1.29 is 19.2 Å². The Morgan fingerprint density at radius 1 is 1.69 bits per heavy atom. The molecule has 0 aliphatic carbocycles. The summed E-state index contributed by atoms with van der Waals surface area (Å²) in [5.74, 6) is -1.59. The number of aliphatic carboxylic acids is 1. The molecule has 0 saturated heterocycles. The molecule has 70 valence electrons. The Hall–Kier alpha value is -1.85. The van der Waals surface area contributed by atoms with Gasteiger partial charge in [-0.3, -0.25) is 9.59 Å². The summed E-state index contributed by atoms with van der Waals surface area (Å²) >= 11 is 0. The van der Waals surface area contributed by atoms with Crippen LogP contribution in [-0.2, 0) is 4.79 Å². The number of nitrogens with one attached hydrogen (secondary N) is 1. The first-order valence-corrected chi connectivity index (χ1v) is 3.52. The third kappa shape index (κ3) is 2.29. The predicted molar refractivity (Wildman–Crippen MR) is 41.2 cm³/mol. The van der Waals surface area contributed by atoms with Crippen LogP contribution in [0.2, 0.25) is 0 Å². The van der Waals surface area contributed by atoms with Crippen molar-refractivity contribution in [1.82, 2.24) is 10.5 Å². The van der Waals surface area contributed by atoms with E-state index in [1.54, 1.807) is 6.92 Å². The molecule has 1 heterocycles. The van der Waals surface area contributed by atoms with Crippen molar-refractivity contribution in [2.24, 2.45) is 0 Å². The van der Waals surface area contributed by atoms with Crippen LogP contribution < -0.4 is 5.32 Å². The highest BCUT2D eigenvalue weighted by Gasteiger charge is 2.12. The zero-order valence-electron chi connectivity index (χ0n) is 6.90. The van der Waals surface area contributed by atoms with Crippen molar-refractivity contribution in [3.05, 3.63) is 17.5 Å². The lowest BCUT2D eigenvalue weighted by atomic mass is 10.2. The Bertz CT molecular complexity index is 331. The first kappa shape index (κ1) is 9.24. The highest BCUT2D eigenvalue weighted by molar-refractivity contribution is 5.96. The largest absolute Gasteiger partial charge is 0.480 e. The van der Waals surface area contributed by atoms with E-state index < -0.39 is 18.4 Å². The Morgan fingerprint density at radius 2 is 2.38 bits per heavy atom. The summed E-state index contributed by atoms with van der Waals surface area (Å²) in [4.78, 5) is 21.3. The fourth-order valence-corrected chi connectivity index (χ4v) is 0.762. The average Bonchev–Trinajstić information content (AvgIpc) is 2.47. The molecule has 0 fully saturated rings. The van der Waals surface area contributed by atoms with Crippen LogP contribution in [0.4, 0.5) is 0 Å². The third-order valence-electron chi connectivity index (χ3n) is 1.39. The Balaban J connectivity index is 2.59. The van der Waals surface area contributed by atoms with Crippen molar-refractivity contribution in [2.75, 3.05) is 6.54 Å². The fourth-order valence-electron chi connectivity index (χ4n) is 0.762. The molecule has 0 aliphatic rings. The smallest absolute Gasteiger partial charge is 0.322 e. The molecule has 1 aromatic heterocycles. The number of hydrogen-bond donors (Lipinski definition) is 2. The Kier molecular flexibility index (Phi) is 2.63. The number of hydrogen-bond acceptors (Lipinski definition) is 4. The van der Waals surface area contributed by atoms with E-state index in [2.05, 4.69) is 15.0 Å². The topological polar surface area (TPSA) is 92.4 Å². The number of aryl methyl sites for hydroxylation is 1. The number of nitrogens with zero attached hydrogens (tertiary/aromatic N) is 1. The molecular formula is C7H8N2O4. The van der Waals surface area contributed by atoms with Crippen LogP contribution in [0.15, 0.2) is 10.8 Å². The molecule has 0 saturated carbocycles. The maximum atomic E-state index is 11.2. The first-order valence-electron chi connectivity index (χ1n) is 3.52. The zero-order chi connectivity index (χ0) is 9.84. The zero-order valence-corrected chi connectivity index (χ0v) is 6.90. The molecule has 6 heteroatoms. The number of aromatic nitrogens is 1. The quantitative estimate of drug-likeness (QED) is 0.678. The van der Waals surface area contributed by atoms with E-state index >= 15 is 0 Å². The molecule has 0 spiro atoms. The minimum Gasteiger partial charge on any atom is -0.480 e. The SMILES string of the molecule is Cc1nocc1C(=O)NCC(=O)O. The number of carboxylic acids is 1. The highest BCUT2D eigenvalue weighted by atomic mass is 16.5. The molecule has 0 bridgehead atoms. The van der Waals surface area contributed by atoms with E-state index in [1.165, 1.54) is 6.26 Å². The van der Waals surface area contributed by atoms with Crippen molar-refractivity contribution in [3.8, 4) is 0 Å². The first-order chi connectivity index (χ1) is 6.11. The van der Waals surface area contributed by atoms with Gasteiger partial charge in [0.2, 0.25) is 0 Å². The lowest BCUT2D eigenvalue weighted by Crippen LogP contribution is -2.29. The van der Waals surface area contributed by atoms with Gasteiger partial charge < -0.3 is 14.9 Å². The summed E-state index contributed by atoms with van der Waals surface area (Å²) in [6, 6.07) is 0. The maximum Gasteiger partial charge on any atom is 0.322 e. The summed E-state index contributed by atoms with van der Waals surface area (Å²) in [7, 11) is 0. The van der Waals surface area contributed by atoms with Crippen molar-refractivity contribution in [2.45, 2.75) is 6.92 Å². The number of carboxylic acid groups (broad SMARTS) is 1. The molecule has 2 N–H and O–H groups in total.